The van der Waals surface area contributed by atoms with E-state index in [0.717, 1.165) is 16.0 Å². The van der Waals surface area contributed by atoms with Gasteiger partial charge in [0, 0.05) is 16.5 Å². The first-order valence-electron chi connectivity index (χ1n) is 10.1. The number of amides is 4. The van der Waals surface area contributed by atoms with Crippen LogP contribution < -0.4 is 15.0 Å². The van der Waals surface area contributed by atoms with Crippen molar-refractivity contribution < 1.29 is 28.6 Å². The van der Waals surface area contributed by atoms with Gasteiger partial charge in [0.15, 0.2) is 0 Å². The molecule has 1 aliphatic heterocycles. The van der Waals surface area contributed by atoms with E-state index in [2.05, 4.69) is 21.2 Å². The van der Waals surface area contributed by atoms with E-state index < -0.39 is 17.8 Å². The average molecular weight is 525 g/mol. The maximum Gasteiger partial charge on any atom is 0.335 e. The maximum absolute atomic E-state index is 13.6. The molecule has 0 bridgehead atoms. The summed E-state index contributed by atoms with van der Waals surface area (Å²) in [5.74, 6) is -1.54. The van der Waals surface area contributed by atoms with Gasteiger partial charge < -0.3 is 9.84 Å². The Bertz CT molecular complexity index is 1340. The lowest BCUT2D eigenvalue weighted by Gasteiger charge is -2.26. The molecular weight excluding hydrogens is 507 g/mol. The van der Waals surface area contributed by atoms with Crippen molar-refractivity contribution in [1.29, 1.82) is 0 Å². The number of carbonyl (C=O) groups excluding carboxylic acids is 3. The summed E-state index contributed by atoms with van der Waals surface area (Å²) in [7, 11) is 1.48. The van der Waals surface area contributed by atoms with Gasteiger partial charge in [0.05, 0.1) is 12.8 Å². The van der Waals surface area contributed by atoms with Crippen LogP contribution in [0, 0.1) is 5.82 Å². The molecule has 0 spiro atoms. The lowest BCUT2D eigenvalue weighted by molar-refractivity contribution is -0.122. The Hall–Kier alpha value is -3.98. The number of hydrogen-bond acceptors (Lipinski definition) is 5. The van der Waals surface area contributed by atoms with Crippen molar-refractivity contribution in [2.24, 2.45) is 0 Å². The Kier molecular flexibility index (Phi) is 6.47. The number of phenols is 1. The number of rotatable bonds is 5. The van der Waals surface area contributed by atoms with E-state index in [9.17, 15) is 23.9 Å². The molecule has 3 aromatic rings. The number of methoxy groups -OCH3 is 1. The van der Waals surface area contributed by atoms with E-state index >= 15 is 0 Å². The molecule has 3 aromatic carbocycles. The fourth-order valence-electron chi connectivity index (χ4n) is 3.58. The van der Waals surface area contributed by atoms with E-state index in [1.54, 1.807) is 24.3 Å². The van der Waals surface area contributed by atoms with Crippen LogP contribution in [0.15, 0.2) is 70.7 Å². The summed E-state index contributed by atoms with van der Waals surface area (Å²) in [6.07, 6.45) is 1.75. The Morgan fingerprint density at radius 1 is 1.09 bits per heavy atom. The second-order valence-electron chi connectivity index (χ2n) is 7.46. The van der Waals surface area contributed by atoms with Gasteiger partial charge in [-0.15, -0.1) is 0 Å². The number of nitrogens with zero attached hydrogens (tertiary/aromatic N) is 1. The lowest BCUT2D eigenvalue weighted by Crippen LogP contribution is -2.54. The Morgan fingerprint density at radius 2 is 1.82 bits per heavy atom. The summed E-state index contributed by atoms with van der Waals surface area (Å²) < 4.78 is 19.7. The molecule has 7 nitrogen and oxygen atoms in total. The number of urea groups is 1. The first-order valence-corrected chi connectivity index (χ1v) is 10.9. The highest BCUT2D eigenvalue weighted by Gasteiger charge is 2.36. The summed E-state index contributed by atoms with van der Waals surface area (Å²) in [4.78, 5) is 38.7. The lowest BCUT2D eigenvalue weighted by atomic mass is 10.0. The van der Waals surface area contributed by atoms with Crippen molar-refractivity contribution in [1.82, 2.24) is 5.32 Å². The van der Waals surface area contributed by atoms with Gasteiger partial charge in [-0.1, -0.05) is 28.1 Å². The molecule has 0 saturated carbocycles. The molecule has 1 heterocycles. The standard InChI is InChI=1S/C25H18BrFN2O5/c1-34-22-13-15(12-21(26)19(22)10-14-3-2-4-16(27)9-14)11-20-23(31)28-25(33)29(24(20)32)17-5-7-18(30)8-6-17/h2-9,11-13,30H,10H2,1H3,(H,28,31,33)/b20-11+. The minimum absolute atomic E-state index is 0.0317. The van der Waals surface area contributed by atoms with Crippen molar-refractivity contribution in [2.75, 3.05) is 12.0 Å². The van der Waals surface area contributed by atoms with Crippen LogP contribution >= 0.6 is 15.9 Å². The largest absolute Gasteiger partial charge is 0.508 e. The monoisotopic (exact) mass is 524 g/mol. The van der Waals surface area contributed by atoms with Crippen molar-refractivity contribution in [3.8, 4) is 11.5 Å². The van der Waals surface area contributed by atoms with Crippen LogP contribution in [0.3, 0.4) is 0 Å². The molecule has 1 aliphatic rings. The Labute approximate surface area is 202 Å². The molecule has 4 rings (SSSR count). The van der Waals surface area contributed by atoms with Crippen LogP contribution in [0.4, 0.5) is 14.9 Å². The van der Waals surface area contributed by atoms with Crippen LogP contribution in [-0.4, -0.2) is 30.1 Å². The molecule has 9 heteroatoms. The number of barbiturate groups is 1. The van der Waals surface area contributed by atoms with Crippen LogP contribution in [0.25, 0.3) is 6.08 Å². The van der Waals surface area contributed by atoms with Gasteiger partial charge >= 0.3 is 6.03 Å². The van der Waals surface area contributed by atoms with Gasteiger partial charge in [-0.2, -0.15) is 0 Å². The van der Waals surface area contributed by atoms with Gasteiger partial charge in [-0.25, -0.2) is 14.1 Å². The molecule has 0 aliphatic carbocycles. The zero-order valence-electron chi connectivity index (χ0n) is 17.8. The fraction of sp³-hybridized carbons (Fsp3) is 0.0800. The van der Waals surface area contributed by atoms with E-state index in [0.29, 0.717) is 22.2 Å². The highest BCUT2D eigenvalue weighted by Crippen LogP contribution is 2.33. The number of ether oxygens (including phenoxy) is 1. The molecule has 0 unspecified atom stereocenters. The second-order valence-corrected chi connectivity index (χ2v) is 8.32. The smallest absolute Gasteiger partial charge is 0.335 e. The Balaban J connectivity index is 1.70. The summed E-state index contributed by atoms with van der Waals surface area (Å²) in [6, 6.07) is 14.1. The number of anilines is 1. The minimum atomic E-state index is -0.887. The van der Waals surface area contributed by atoms with Crippen LogP contribution in [0.1, 0.15) is 16.7 Å². The van der Waals surface area contributed by atoms with Gasteiger partial charge in [-0.3, -0.25) is 14.9 Å². The summed E-state index contributed by atoms with van der Waals surface area (Å²) in [5.41, 5.74) is 1.93. The number of phenolic OH excluding ortho intramolecular Hbond substituents is 1. The second kappa shape index (κ2) is 9.48. The molecule has 172 valence electrons. The molecule has 2 N–H and O–H groups in total. The van der Waals surface area contributed by atoms with Crippen LogP contribution in [-0.2, 0) is 16.0 Å². The van der Waals surface area contributed by atoms with Crippen molar-refractivity contribution in [3.05, 3.63) is 93.2 Å². The summed E-state index contributed by atoms with van der Waals surface area (Å²) in [6.45, 7) is 0. The third-order valence-electron chi connectivity index (χ3n) is 5.19. The first-order chi connectivity index (χ1) is 16.3. The molecular formula is C25H18BrFN2O5. The highest BCUT2D eigenvalue weighted by atomic mass is 79.9. The first kappa shape index (κ1) is 23.2. The number of aromatic hydroxyl groups is 1. The number of benzene rings is 3. The molecule has 0 radical (unpaired) electrons. The number of imide groups is 2. The average Bonchev–Trinajstić information content (AvgIpc) is 2.79. The van der Waals surface area contributed by atoms with Gasteiger partial charge in [0.1, 0.15) is 22.9 Å². The van der Waals surface area contributed by atoms with Crippen molar-refractivity contribution in [3.63, 3.8) is 0 Å². The van der Waals surface area contributed by atoms with Crippen LogP contribution in [0.2, 0.25) is 0 Å². The molecule has 1 fully saturated rings. The van der Waals surface area contributed by atoms with Gasteiger partial charge in [0.2, 0.25) is 0 Å². The molecule has 4 amide bonds. The maximum atomic E-state index is 13.6. The molecule has 34 heavy (non-hydrogen) atoms. The third kappa shape index (κ3) is 4.69. The third-order valence-corrected chi connectivity index (χ3v) is 5.89. The minimum Gasteiger partial charge on any atom is -0.508 e. The predicted octanol–water partition coefficient (Wildman–Crippen LogP) is 4.56. The topological polar surface area (TPSA) is 95.9 Å². The Morgan fingerprint density at radius 3 is 2.50 bits per heavy atom. The number of carbonyl (C=O) groups is 3. The molecule has 0 atom stereocenters. The molecule has 1 saturated heterocycles. The van der Waals surface area contributed by atoms with Crippen molar-refractivity contribution in [2.45, 2.75) is 6.42 Å². The predicted molar refractivity (Wildman–Crippen MR) is 127 cm³/mol. The normalized spacial score (nSPS) is 15.0. The number of nitrogens with one attached hydrogen (secondary N) is 1. The quantitative estimate of drug-likeness (QED) is 0.376. The van der Waals surface area contributed by atoms with Crippen molar-refractivity contribution >= 4 is 45.5 Å². The summed E-state index contributed by atoms with van der Waals surface area (Å²) >= 11 is 3.50. The van der Waals surface area contributed by atoms with E-state index in [4.69, 9.17) is 4.74 Å². The van der Waals surface area contributed by atoms with Gasteiger partial charge in [-0.05, 0) is 65.7 Å². The highest BCUT2D eigenvalue weighted by molar-refractivity contribution is 9.10. The zero-order chi connectivity index (χ0) is 24.4. The number of hydrogen-bond donors (Lipinski definition) is 2. The van der Waals surface area contributed by atoms with E-state index in [-0.39, 0.29) is 22.8 Å². The summed E-state index contributed by atoms with van der Waals surface area (Å²) in [5, 5.41) is 11.6. The van der Waals surface area contributed by atoms with Gasteiger partial charge in [0.25, 0.3) is 11.8 Å². The molecule has 0 aromatic heterocycles. The number of halogens is 2. The SMILES string of the molecule is COc1cc(/C=C2\C(=O)NC(=O)N(c3ccc(O)cc3)C2=O)cc(Br)c1Cc1cccc(F)c1. The van der Waals surface area contributed by atoms with E-state index in [1.165, 1.54) is 49.6 Å². The van der Waals surface area contributed by atoms with E-state index in [1.807, 2.05) is 0 Å². The fourth-order valence-corrected chi connectivity index (χ4v) is 4.18. The van der Waals surface area contributed by atoms with Crippen LogP contribution in [0.5, 0.6) is 11.5 Å². The zero-order valence-corrected chi connectivity index (χ0v) is 19.4.